The van der Waals surface area contributed by atoms with E-state index in [0.29, 0.717) is 24.8 Å². The molecule has 1 heterocycles. The van der Waals surface area contributed by atoms with Crippen LogP contribution in [0.2, 0.25) is 0 Å². The zero-order chi connectivity index (χ0) is 31.8. The van der Waals surface area contributed by atoms with Crippen LogP contribution in [0.25, 0.3) is 0 Å². The van der Waals surface area contributed by atoms with Crippen molar-refractivity contribution >= 4 is 23.7 Å². The Kier molecular flexibility index (Phi) is 7.60. The molecule has 0 aromatic carbocycles. The van der Waals surface area contributed by atoms with Gasteiger partial charge < -0.3 is 34.6 Å². The lowest BCUT2D eigenvalue weighted by atomic mass is 9.44. The average molecular weight is 603 g/mol. The van der Waals surface area contributed by atoms with Crippen LogP contribution in [0.3, 0.4) is 0 Å². The fraction of sp³-hybridized carbons (Fsp3) is 0.688. The van der Waals surface area contributed by atoms with Gasteiger partial charge in [0, 0.05) is 26.7 Å². The first kappa shape index (κ1) is 31.6. The molecule has 43 heavy (non-hydrogen) atoms. The number of rotatable bonds is 6. The Balaban J connectivity index is 1.69. The molecule has 0 bridgehead atoms. The van der Waals surface area contributed by atoms with Gasteiger partial charge in [-0.2, -0.15) is 0 Å². The van der Waals surface area contributed by atoms with Crippen molar-refractivity contribution in [1.29, 1.82) is 0 Å². The van der Waals surface area contributed by atoms with Gasteiger partial charge in [0.1, 0.15) is 35.6 Å². The molecule has 0 saturated heterocycles. The minimum atomic E-state index is -2.32. The molecular formula is C32H42O11. The average Bonchev–Trinajstić information content (AvgIpc) is 3.12. The summed E-state index contributed by atoms with van der Waals surface area (Å²) in [5, 5.41) is 47.9. The molecule has 1 aliphatic heterocycles. The van der Waals surface area contributed by atoms with Crippen LogP contribution in [0, 0.1) is 22.7 Å². The van der Waals surface area contributed by atoms with E-state index in [9.17, 15) is 39.6 Å². The van der Waals surface area contributed by atoms with E-state index in [-0.39, 0.29) is 24.2 Å². The lowest BCUT2D eigenvalue weighted by molar-refractivity contribution is -0.299. The number of allylic oxidation sites excluding steroid dienone is 4. The Labute approximate surface area is 250 Å². The number of carbonyl (C=O) groups excluding carboxylic acids is 4. The Morgan fingerprint density at radius 2 is 1.86 bits per heavy atom. The molecule has 0 spiro atoms. The van der Waals surface area contributed by atoms with E-state index in [2.05, 4.69) is 0 Å². The molecule has 9 atom stereocenters. The molecule has 0 radical (unpaired) electrons. The predicted molar refractivity (Wildman–Crippen MR) is 150 cm³/mol. The number of ether oxygens (including phenoxy) is 3. The van der Waals surface area contributed by atoms with Crippen LogP contribution in [-0.4, -0.2) is 86.3 Å². The van der Waals surface area contributed by atoms with Crippen molar-refractivity contribution in [2.75, 3.05) is 13.2 Å². The van der Waals surface area contributed by atoms with Gasteiger partial charge in [-0.25, -0.2) is 4.79 Å². The number of aliphatic hydroxyl groups is 4. The minimum Gasteiger partial charge on any atom is -0.465 e. The van der Waals surface area contributed by atoms with Crippen LogP contribution >= 0.6 is 0 Å². The van der Waals surface area contributed by atoms with Crippen LogP contribution < -0.4 is 0 Å². The highest BCUT2D eigenvalue weighted by molar-refractivity contribution is 5.98. The molecule has 236 valence electrons. The van der Waals surface area contributed by atoms with E-state index in [4.69, 9.17) is 14.2 Å². The summed E-state index contributed by atoms with van der Waals surface area (Å²) in [6, 6.07) is 0. The van der Waals surface area contributed by atoms with Gasteiger partial charge in [0.25, 0.3) is 0 Å². The third kappa shape index (κ3) is 4.14. The molecule has 11 nitrogen and oxygen atoms in total. The van der Waals surface area contributed by atoms with Crippen LogP contribution in [0.4, 0.5) is 0 Å². The summed E-state index contributed by atoms with van der Waals surface area (Å²) in [5.74, 6) is -3.49. The maximum absolute atomic E-state index is 13.4. The zero-order valence-electron chi connectivity index (χ0n) is 25.3. The van der Waals surface area contributed by atoms with Gasteiger partial charge >= 0.3 is 17.9 Å². The summed E-state index contributed by atoms with van der Waals surface area (Å²) in [6.45, 7) is 6.07. The molecule has 2 saturated carbocycles. The summed E-state index contributed by atoms with van der Waals surface area (Å²) in [4.78, 5) is 50.9. The molecule has 11 heteroatoms. The fourth-order valence-electron chi connectivity index (χ4n) is 9.18. The third-order valence-corrected chi connectivity index (χ3v) is 11.6. The first-order chi connectivity index (χ1) is 20.0. The van der Waals surface area contributed by atoms with Crippen molar-refractivity contribution in [3.63, 3.8) is 0 Å². The summed E-state index contributed by atoms with van der Waals surface area (Å²) in [6.07, 6.45) is 3.36. The molecule has 5 rings (SSSR count). The lowest BCUT2D eigenvalue weighted by Gasteiger charge is -2.63. The monoisotopic (exact) mass is 602 g/mol. The predicted octanol–water partition coefficient (Wildman–Crippen LogP) is 1.60. The molecular weight excluding hydrogens is 560 g/mol. The van der Waals surface area contributed by atoms with Crippen LogP contribution in [0.15, 0.2) is 34.9 Å². The second-order valence-electron chi connectivity index (χ2n) is 13.4. The SMILES string of the molecule is CC(=O)OC[C@]12CC[C@H]3[C@@H](CC=C4CC=CC(=O)[C@@]43C)[C@]1(O)[C@@H](OC(C)=O)C[C@@]2(O)C(C)(O)[C@H]1CC(C)=C(CO)C(=O)O1. The van der Waals surface area contributed by atoms with E-state index in [0.717, 1.165) is 5.57 Å². The van der Waals surface area contributed by atoms with Gasteiger partial charge in [-0.3, -0.25) is 14.4 Å². The fourth-order valence-corrected chi connectivity index (χ4v) is 9.18. The lowest BCUT2D eigenvalue weighted by Crippen LogP contribution is -2.75. The molecule has 0 aromatic rings. The van der Waals surface area contributed by atoms with Crippen LogP contribution in [0.5, 0.6) is 0 Å². The number of carbonyl (C=O) groups is 4. The second-order valence-corrected chi connectivity index (χ2v) is 13.4. The van der Waals surface area contributed by atoms with E-state index in [1.165, 1.54) is 20.8 Å². The Bertz CT molecular complexity index is 1340. The number of cyclic esters (lactones) is 1. The van der Waals surface area contributed by atoms with E-state index < -0.39 is 89.2 Å². The van der Waals surface area contributed by atoms with Crippen molar-refractivity contribution in [1.82, 2.24) is 0 Å². The van der Waals surface area contributed by atoms with E-state index in [1.807, 2.05) is 19.1 Å². The van der Waals surface area contributed by atoms with Crippen molar-refractivity contribution in [2.24, 2.45) is 22.7 Å². The summed E-state index contributed by atoms with van der Waals surface area (Å²) < 4.78 is 16.9. The normalized spacial score (nSPS) is 41.7. The summed E-state index contributed by atoms with van der Waals surface area (Å²) >= 11 is 0. The zero-order valence-corrected chi connectivity index (χ0v) is 25.3. The number of hydrogen-bond acceptors (Lipinski definition) is 11. The quantitative estimate of drug-likeness (QED) is 0.197. The highest BCUT2D eigenvalue weighted by Crippen LogP contribution is 2.71. The molecule has 5 aliphatic rings. The topological polar surface area (TPSA) is 177 Å². The number of fused-ring (bicyclic) bond motifs is 5. The largest absolute Gasteiger partial charge is 0.465 e. The second kappa shape index (κ2) is 10.4. The standard InChI is InChI=1S/C32H42O11/c1-17-13-25(43-27(37)21(17)15-33)29(5,38)31(39)14-26(42-19(3)35)32(40)23-10-9-20-7-6-8-24(36)28(20,4)22(23)11-12-30(31,32)16-41-18(2)34/h6,8-9,22-23,25-26,33,38-40H,7,10-16H2,1-5H3/t22-,23+,25+,26-,28-,29?,30-,31+,32-/m0/s1. The van der Waals surface area contributed by atoms with Gasteiger partial charge in [-0.15, -0.1) is 0 Å². The van der Waals surface area contributed by atoms with Crippen LogP contribution in [0.1, 0.15) is 73.1 Å². The van der Waals surface area contributed by atoms with E-state index >= 15 is 0 Å². The number of aliphatic hydroxyl groups excluding tert-OH is 1. The molecule has 2 fully saturated rings. The highest BCUT2D eigenvalue weighted by atomic mass is 16.6. The first-order valence-electron chi connectivity index (χ1n) is 14.9. The number of esters is 3. The Hall–Kier alpha value is -2.86. The van der Waals surface area contributed by atoms with Crippen molar-refractivity contribution in [3.05, 3.63) is 34.9 Å². The Morgan fingerprint density at radius 3 is 2.47 bits per heavy atom. The highest BCUT2D eigenvalue weighted by Gasteiger charge is 2.82. The van der Waals surface area contributed by atoms with Gasteiger partial charge in [0.15, 0.2) is 5.78 Å². The first-order valence-corrected chi connectivity index (χ1v) is 14.9. The smallest absolute Gasteiger partial charge is 0.336 e. The van der Waals surface area contributed by atoms with Crippen molar-refractivity contribution in [3.8, 4) is 0 Å². The molecule has 4 aliphatic carbocycles. The van der Waals surface area contributed by atoms with Gasteiger partial charge in [0.2, 0.25) is 0 Å². The van der Waals surface area contributed by atoms with Gasteiger partial charge in [-0.1, -0.05) is 23.3 Å². The number of ketones is 1. The maximum atomic E-state index is 13.4. The summed E-state index contributed by atoms with van der Waals surface area (Å²) in [7, 11) is 0. The van der Waals surface area contributed by atoms with Crippen molar-refractivity contribution < 1.29 is 53.8 Å². The summed E-state index contributed by atoms with van der Waals surface area (Å²) in [5.41, 5.74) is -7.92. The minimum absolute atomic E-state index is 0.000393. The number of hydrogen-bond donors (Lipinski definition) is 4. The maximum Gasteiger partial charge on any atom is 0.336 e. The van der Waals surface area contributed by atoms with Crippen LogP contribution in [-0.2, 0) is 33.4 Å². The molecule has 0 aromatic heterocycles. The molecule has 1 unspecified atom stereocenters. The molecule has 0 amide bonds. The van der Waals surface area contributed by atoms with E-state index in [1.54, 1.807) is 13.0 Å². The Morgan fingerprint density at radius 1 is 1.16 bits per heavy atom. The van der Waals surface area contributed by atoms with Crippen molar-refractivity contribution in [2.45, 2.75) is 102 Å². The van der Waals surface area contributed by atoms with Gasteiger partial charge in [0.05, 0.1) is 23.0 Å². The third-order valence-electron chi connectivity index (χ3n) is 11.6. The van der Waals surface area contributed by atoms with Gasteiger partial charge in [-0.05, 0) is 64.4 Å². The molecule has 4 N–H and O–H groups in total.